The number of likely N-dealkylation sites (tertiary alicyclic amines) is 1. The number of nitrogens with zero attached hydrogens (tertiary/aromatic N) is 2. The van der Waals surface area contributed by atoms with Crippen molar-refractivity contribution in [3.63, 3.8) is 0 Å². The molecule has 6 rings (SSSR count). The minimum Gasteiger partial charge on any atom is -0.487 e. The van der Waals surface area contributed by atoms with Crippen molar-refractivity contribution in [1.29, 1.82) is 0 Å². The maximum absolute atomic E-state index is 13.7. The number of Topliss-reactive ketones (excluding diaryl/α,β-unsaturated/α-hetero) is 1. The third kappa shape index (κ3) is 4.72. The van der Waals surface area contributed by atoms with Crippen LogP contribution >= 0.6 is 0 Å². The van der Waals surface area contributed by atoms with Gasteiger partial charge in [-0.1, -0.05) is 31.9 Å². The largest absolute Gasteiger partial charge is 0.487 e. The van der Waals surface area contributed by atoms with Gasteiger partial charge < -0.3 is 9.64 Å². The number of ether oxygens (including phenoxy) is 1. The summed E-state index contributed by atoms with van der Waals surface area (Å²) in [7, 11) is 0. The zero-order chi connectivity index (χ0) is 29.1. The van der Waals surface area contributed by atoms with Crippen molar-refractivity contribution in [2.24, 2.45) is 11.8 Å². The predicted molar refractivity (Wildman–Crippen MR) is 148 cm³/mol. The first-order chi connectivity index (χ1) is 19.5. The molecule has 1 saturated heterocycles. The standard InChI is InChI=1S/C33H35F3N2O3/c1-20(2)18-38(29(40)14-9-22-7-10-24(11-8-22)33(34,35)36)26-13-12-25-27-17-23-5-4-6-28-30(23)32(25,31(26)41-28)15-16-37(27)19-21(3)39/h4-8,10-11,20,25-27,31H,12-13,15-19H2,1-3H3/t25-,26+,27+,31-,32-/m0/s1. The highest BCUT2D eigenvalue weighted by Gasteiger charge is 2.66. The van der Waals surface area contributed by atoms with Crippen LogP contribution in [0.1, 0.15) is 62.3 Å². The number of carbonyl (C=O) groups excluding carboxylic acids is 2. The summed E-state index contributed by atoms with van der Waals surface area (Å²) in [5, 5.41) is 0. The van der Waals surface area contributed by atoms with E-state index in [-0.39, 0.29) is 41.2 Å². The average Bonchev–Trinajstić information content (AvgIpc) is 3.26. The van der Waals surface area contributed by atoms with Gasteiger partial charge in [-0.25, -0.2) is 0 Å². The first-order valence-corrected chi connectivity index (χ1v) is 14.5. The number of benzene rings is 2. The molecule has 2 bridgehead atoms. The lowest BCUT2D eigenvalue weighted by molar-refractivity contribution is -0.139. The Morgan fingerprint density at radius 1 is 1.15 bits per heavy atom. The molecule has 2 aliphatic carbocycles. The molecule has 2 aromatic carbocycles. The van der Waals surface area contributed by atoms with E-state index in [2.05, 4.69) is 36.7 Å². The quantitative estimate of drug-likeness (QED) is 0.467. The molecule has 0 radical (unpaired) electrons. The van der Waals surface area contributed by atoms with Gasteiger partial charge in [0.25, 0.3) is 5.91 Å². The molecule has 1 saturated carbocycles. The number of amides is 1. The smallest absolute Gasteiger partial charge is 0.416 e. The van der Waals surface area contributed by atoms with Gasteiger partial charge in [0.05, 0.1) is 18.2 Å². The minimum atomic E-state index is -4.42. The van der Waals surface area contributed by atoms with E-state index in [1.807, 2.05) is 17.0 Å². The van der Waals surface area contributed by atoms with Crippen LogP contribution in [0.15, 0.2) is 42.5 Å². The first kappa shape index (κ1) is 27.8. The number of carbonyl (C=O) groups is 2. The Morgan fingerprint density at radius 3 is 2.59 bits per heavy atom. The topological polar surface area (TPSA) is 49.9 Å². The van der Waals surface area contributed by atoms with Crippen molar-refractivity contribution in [2.75, 3.05) is 19.6 Å². The van der Waals surface area contributed by atoms with Crippen LogP contribution in [-0.2, 0) is 27.6 Å². The SMILES string of the molecule is CC(=O)CN1CC[C@]23c4c5cccc4O[C@H]2[C@H](N(CC(C)C)C(=O)C#Cc2ccc(C(F)(F)F)cc2)CC[C@H]3[C@H]1C5. The monoisotopic (exact) mass is 564 g/mol. The number of hydrogen-bond acceptors (Lipinski definition) is 4. The lowest BCUT2D eigenvalue weighted by Crippen LogP contribution is -2.69. The van der Waals surface area contributed by atoms with E-state index in [0.717, 1.165) is 50.1 Å². The lowest BCUT2D eigenvalue weighted by atomic mass is 9.51. The van der Waals surface area contributed by atoms with Gasteiger partial charge in [-0.05, 0) is 86.9 Å². The number of alkyl halides is 3. The minimum absolute atomic E-state index is 0.175. The Balaban J connectivity index is 1.33. The zero-order valence-corrected chi connectivity index (χ0v) is 23.6. The van der Waals surface area contributed by atoms with Crippen LogP contribution in [0.2, 0.25) is 0 Å². The Labute approximate surface area is 239 Å². The van der Waals surface area contributed by atoms with Crippen molar-refractivity contribution < 1.29 is 27.5 Å². The van der Waals surface area contributed by atoms with Gasteiger partial charge >= 0.3 is 6.18 Å². The van der Waals surface area contributed by atoms with Gasteiger partial charge in [0, 0.05) is 35.0 Å². The van der Waals surface area contributed by atoms with E-state index in [9.17, 15) is 22.8 Å². The average molecular weight is 565 g/mol. The van der Waals surface area contributed by atoms with Crippen molar-refractivity contribution in [2.45, 2.75) is 76.2 Å². The van der Waals surface area contributed by atoms with Crippen LogP contribution in [0, 0.1) is 23.7 Å². The van der Waals surface area contributed by atoms with Crippen molar-refractivity contribution in [3.8, 4) is 17.6 Å². The van der Waals surface area contributed by atoms with Crippen LogP contribution in [-0.4, -0.2) is 59.3 Å². The highest BCUT2D eigenvalue weighted by molar-refractivity contribution is 5.94. The zero-order valence-electron chi connectivity index (χ0n) is 23.6. The van der Waals surface area contributed by atoms with Crippen LogP contribution in [0.4, 0.5) is 13.2 Å². The second-order valence-electron chi connectivity index (χ2n) is 12.5. The summed E-state index contributed by atoms with van der Waals surface area (Å²) in [5.41, 5.74) is 1.97. The number of ketones is 1. The molecule has 41 heavy (non-hydrogen) atoms. The van der Waals surface area contributed by atoms with Gasteiger partial charge in [0.1, 0.15) is 17.6 Å². The molecule has 1 amide bonds. The van der Waals surface area contributed by atoms with E-state index >= 15 is 0 Å². The lowest BCUT2D eigenvalue weighted by Gasteiger charge is -2.60. The molecule has 4 aliphatic rings. The summed E-state index contributed by atoms with van der Waals surface area (Å²) in [5.74, 6) is 6.82. The highest BCUT2D eigenvalue weighted by atomic mass is 19.4. The molecule has 0 aromatic heterocycles. The fraction of sp³-hybridized carbons (Fsp3) is 0.515. The number of piperidine rings is 1. The Morgan fingerprint density at radius 2 is 1.90 bits per heavy atom. The van der Waals surface area contributed by atoms with Gasteiger partial charge in [0.15, 0.2) is 0 Å². The Kier molecular flexibility index (Phi) is 6.93. The van der Waals surface area contributed by atoms with Gasteiger partial charge in [-0.15, -0.1) is 0 Å². The summed E-state index contributed by atoms with van der Waals surface area (Å²) in [6.07, 6.45) is -1.18. The molecular weight excluding hydrogens is 529 g/mol. The third-order valence-corrected chi connectivity index (χ3v) is 9.47. The number of rotatable bonds is 5. The van der Waals surface area contributed by atoms with Gasteiger partial charge in [-0.3, -0.25) is 14.5 Å². The molecule has 216 valence electrons. The molecule has 1 spiro atoms. The molecule has 0 N–H and O–H groups in total. The Hall–Kier alpha value is -3.31. The van der Waals surface area contributed by atoms with E-state index in [1.165, 1.54) is 23.3 Å². The van der Waals surface area contributed by atoms with E-state index < -0.39 is 11.7 Å². The van der Waals surface area contributed by atoms with E-state index in [0.29, 0.717) is 24.6 Å². The fourth-order valence-electron chi connectivity index (χ4n) is 8.07. The van der Waals surface area contributed by atoms with E-state index in [4.69, 9.17) is 4.74 Å². The number of hydrogen-bond donors (Lipinski definition) is 0. The molecule has 2 aliphatic heterocycles. The van der Waals surface area contributed by atoms with Crippen LogP contribution in [0.25, 0.3) is 0 Å². The third-order valence-electron chi connectivity index (χ3n) is 9.47. The summed E-state index contributed by atoms with van der Waals surface area (Å²) >= 11 is 0. The fourth-order valence-corrected chi connectivity index (χ4v) is 8.07. The molecule has 5 atom stereocenters. The van der Waals surface area contributed by atoms with Crippen molar-refractivity contribution in [1.82, 2.24) is 9.80 Å². The first-order valence-electron chi connectivity index (χ1n) is 14.5. The predicted octanol–water partition coefficient (Wildman–Crippen LogP) is 5.24. The van der Waals surface area contributed by atoms with Gasteiger partial charge in [-0.2, -0.15) is 13.2 Å². The summed E-state index contributed by atoms with van der Waals surface area (Å²) in [6, 6.07) is 10.9. The van der Waals surface area contributed by atoms with E-state index in [1.54, 1.807) is 6.92 Å². The van der Waals surface area contributed by atoms with Crippen molar-refractivity contribution >= 4 is 11.7 Å². The molecule has 2 aromatic rings. The van der Waals surface area contributed by atoms with Gasteiger partial charge in [0.2, 0.25) is 0 Å². The normalized spacial score (nSPS) is 27.9. The highest BCUT2D eigenvalue weighted by Crippen LogP contribution is 2.62. The Bertz CT molecular complexity index is 1420. The second-order valence-corrected chi connectivity index (χ2v) is 12.5. The second kappa shape index (κ2) is 10.2. The summed E-state index contributed by atoms with van der Waals surface area (Å²) < 4.78 is 45.7. The van der Waals surface area contributed by atoms with Crippen LogP contribution < -0.4 is 4.74 Å². The molecule has 0 unspecified atom stereocenters. The number of halogens is 3. The maximum atomic E-state index is 13.7. The maximum Gasteiger partial charge on any atom is 0.416 e. The van der Waals surface area contributed by atoms with Crippen LogP contribution in [0.3, 0.4) is 0 Å². The molecular formula is C33H35F3N2O3. The molecule has 2 heterocycles. The molecule has 8 heteroatoms. The van der Waals surface area contributed by atoms with Crippen molar-refractivity contribution in [3.05, 3.63) is 64.7 Å². The summed E-state index contributed by atoms with van der Waals surface area (Å²) in [6.45, 7) is 7.55. The summed E-state index contributed by atoms with van der Waals surface area (Å²) in [4.78, 5) is 30.1. The van der Waals surface area contributed by atoms with Crippen LogP contribution in [0.5, 0.6) is 5.75 Å². The molecule has 5 nitrogen and oxygen atoms in total. The molecule has 2 fully saturated rings.